The number of hydrogen-bond donors (Lipinski definition) is 1. The lowest BCUT2D eigenvalue weighted by Gasteiger charge is -2.20. The summed E-state index contributed by atoms with van der Waals surface area (Å²) in [4.78, 5) is 16.4. The molecule has 4 nitrogen and oxygen atoms in total. The molecule has 1 aromatic heterocycles. The zero-order valence-electron chi connectivity index (χ0n) is 8.40. The standard InChI is InChI=1S/C10H14N2O2/c1-3-12(7-10(13)14)9-4-5-11-8(2)6-9/h4-6H,3,7H2,1-2H3,(H,13,14). The fourth-order valence-electron chi connectivity index (χ4n) is 1.28. The highest BCUT2D eigenvalue weighted by molar-refractivity contribution is 5.73. The van der Waals surface area contributed by atoms with Crippen LogP contribution >= 0.6 is 0 Å². The maximum atomic E-state index is 10.6. The molecule has 1 N–H and O–H groups in total. The average Bonchev–Trinajstić information content (AvgIpc) is 2.14. The molecule has 0 atom stereocenters. The third kappa shape index (κ3) is 2.73. The molecule has 0 unspecified atom stereocenters. The first-order chi connectivity index (χ1) is 6.63. The number of aryl methyl sites for hydroxylation is 1. The number of carbonyl (C=O) groups is 1. The molecule has 14 heavy (non-hydrogen) atoms. The number of likely N-dealkylation sites (N-methyl/N-ethyl adjacent to an activating group) is 1. The van der Waals surface area contributed by atoms with Gasteiger partial charge in [0.2, 0.25) is 0 Å². The number of aromatic nitrogens is 1. The summed E-state index contributed by atoms with van der Waals surface area (Å²) in [6.07, 6.45) is 1.69. The minimum absolute atomic E-state index is 0.0277. The number of carboxylic acids is 1. The number of hydrogen-bond acceptors (Lipinski definition) is 3. The summed E-state index contributed by atoms with van der Waals surface area (Å²) in [6.45, 7) is 4.52. The van der Waals surface area contributed by atoms with Gasteiger partial charge in [-0.3, -0.25) is 9.78 Å². The predicted molar refractivity (Wildman–Crippen MR) is 54.5 cm³/mol. The zero-order chi connectivity index (χ0) is 10.6. The van der Waals surface area contributed by atoms with E-state index in [4.69, 9.17) is 5.11 Å². The fraction of sp³-hybridized carbons (Fsp3) is 0.400. The molecular formula is C10H14N2O2. The Labute approximate surface area is 83.2 Å². The van der Waals surface area contributed by atoms with E-state index in [-0.39, 0.29) is 6.54 Å². The van der Waals surface area contributed by atoms with Gasteiger partial charge in [-0.05, 0) is 26.0 Å². The van der Waals surface area contributed by atoms with Gasteiger partial charge in [0.05, 0.1) is 0 Å². The van der Waals surface area contributed by atoms with Gasteiger partial charge in [-0.25, -0.2) is 0 Å². The van der Waals surface area contributed by atoms with Crippen LogP contribution in [-0.4, -0.2) is 29.1 Å². The minimum Gasteiger partial charge on any atom is -0.480 e. The quantitative estimate of drug-likeness (QED) is 0.785. The van der Waals surface area contributed by atoms with Crippen molar-refractivity contribution in [2.45, 2.75) is 13.8 Å². The molecule has 4 heteroatoms. The van der Waals surface area contributed by atoms with Crippen molar-refractivity contribution in [1.82, 2.24) is 4.98 Å². The van der Waals surface area contributed by atoms with Gasteiger partial charge in [-0.2, -0.15) is 0 Å². The van der Waals surface area contributed by atoms with E-state index in [0.29, 0.717) is 6.54 Å². The summed E-state index contributed by atoms with van der Waals surface area (Å²) >= 11 is 0. The van der Waals surface area contributed by atoms with E-state index in [1.54, 1.807) is 11.1 Å². The van der Waals surface area contributed by atoms with Crippen molar-refractivity contribution in [1.29, 1.82) is 0 Å². The second kappa shape index (κ2) is 4.60. The van der Waals surface area contributed by atoms with Crippen LogP contribution in [0.3, 0.4) is 0 Å². The van der Waals surface area contributed by atoms with Crippen molar-refractivity contribution in [2.24, 2.45) is 0 Å². The van der Waals surface area contributed by atoms with Crippen LogP contribution in [0, 0.1) is 6.92 Å². The van der Waals surface area contributed by atoms with E-state index >= 15 is 0 Å². The van der Waals surface area contributed by atoms with Crippen molar-refractivity contribution in [2.75, 3.05) is 18.0 Å². The van der Waals surface area contributed by atoms with Gasteiger partial charge in [0.15, 0.2) is 0 Å². The Morgan fingerprint density at radius 3 is 2.86 bits per heavy atom. The van der Waals surface area contributed by atoms with Crippen LogP contribution in [0.15, 0.2) is 18.3 Å². The van der Waals surface area contributed by atoms with Crippen LogP contribution in [0.5, 0.6) is 0 Å². The summed E-state index contributed by atoms with van der Waals surface area (Å²) in [7, 11) is 0. The first-order valence-electron chi connectivity index (χ1n) is 4.53. The molecule has 0 aliphatic rings. The lowest BCUT2D eigenvalue weighted by molar-refractivity contribution is -0.135. The number of pyridine rings is 1. The molecule has 0 aliphatic heterocycles. The van der Waals surface area contributed by atoms with Gasteiger partial charge in [-0.15, -0.1) is 0 Å². The van der Waals surface area contributed by atoms with E-state index in [1.165, 1.54) is 0 Å². The normalized spacial score (nSPS) is 9.86. The lowest BCUT2D eigenvalue weighted by atomic mass is 10.3. The van der Waals surface area contributed by atoms with E-state index in [1.807, 2.05) is 26.0 Å². The third-order valence-electron chi connectivity index (χ3n) is 1.95. The van der Waals surface area contributed by atoms with Gasteiger partial charge in [0.1, 0.15) is 6.54 Å². The first kappa shape index (κ1) is 10.5. The Morgan fingerprint density at radius 1 is 1.64 bits per heavy atom. The minimum atomic E-state index is -0.818. The van der Waals surface area contributed by atoms with E-state index in [0.717, 1.165) is 11.4 Å². The van der Waals surface area contributed by atoms with Gasteiger partial charge in [0.25, 0.3) is 0 Å². The Bertz CT molecular complexity index is 326. The lowest BCUT2D eigenvalue weighted by Crippen LogP contribution is -2.29. The molecule has 0 radical (unpaired) electrons. The largest absolute Gasteiger partial charge is 0.480 e. The highest BCUT2D eigenvalue weighted by Gasteiger charge is 2.08. The smallest absolute Gasteiger partial charge is 0.323 e. The van der Waals surface area contributed by atoms with Gasteiger partial charge < -0.3 is 10.0 Å². The molecule has 0 amide bonds. The van der Waals surface area contributed by atoms with Crippen molar-refractivity contribution in [3.63, 3.8) is 0 Å². The maximum absolute atomic E-state index is 10.6. The molecule has 0 aliphatic carbocycles. The van der Waals surface area contributed by atoms with Crippen LogP contribution < -0.4 is 4.90 Å². The summed E-state index contributed by atoms with van der Waals surface area (Å²) < 4.78 is 0. The average molecular weight is 194 g/mol. The van der Waals surface area contributed by atoms with Crippen molar-refractivity contribution >= 4 is 11.7 Å². The van der Waals surface area contributed by atoms with Crippen molar-refractivity contribution in [3.05, 3.63) is 24.0 Å². The number of anilines is 1. The predicted octanol–water partition coefficient (Wildman–Crippen LogP) is 1.30. The molecule has 0 bridgehead atoms. The molecule has 0 fully saturated rings. The maximum Gasteiger partial charge on any atom is 0.323 e. The highest BCUT2D eigenvalue weighted by Crippen LogP contribution is 2.13. The number of rotatable bonds is 4. The van der Waals surface area contributed by atoms with E-state index in [9.17, 15) is 4.79 Å². The van der Waals surface area contributed by atoms with Gasteiger partial charge in [0, 0.05) is 24.1 Å². The Balaban J connectivity index is 2.83. The van der Waals surface area contributed by atoms with Crippen LogP contribution in [-0.2, 0) is 4.79 Å². The second-order valence-corrected chi connectivity index (χ2v) is 3.06. The molecule has 1 rings (SSSR count). The summed E-state index contributed by atoms with van der Waals surface area (Å²) in [5, 5.41) is 8.69. The summed E-state index contributed by atoms with van der Waals surface area (Å²) in [5.41, 5.74) is 1.80. The summed E-state index contributed by atoms with van der Waals surface area (Å²) in [5.74, 6) is -0.818. The van der Waals surface area contributed by atoms with E-state index in [2.05, 4.69) is 4.98 Å². The molecule has 76 valence electrons. The van der Waals surface area contributed by atoms with Gasteiger partial charge >= 0.3 is 5.97 Å². The van der Waals surface area contributed by atoms with Crippen LogP contribution in [0.4, 0.5) is 5.69 Å². The topological polar surface area (TPSA) is 53.4 Å². The monoisotopic (exact) mass is 194 g/mol. The number of nitrogens with zero attached hydrogens (tertiary/aromatic N) is 2. The molecule has 0 spiro atoms. The molecule has 1 aromatic rings. The Morgan fingerprint density at radius 2 is 2.36 bits per heavy atom. The first-order valence-corrected chi connectivity index (χ1v) is 4.53. The summed E-state index contributed by atoms with van der Waals surface area (Å²) in [6, 6.07) is 3.70. The van der Waals surface area contributed by atoms with Crippen LogP contribution in [0.25, 0.3) is 0 Å². The number of aliphatic carboxylic acids is 1. The Kier molecular flexibility index (Phi) is 3.45. The molecular weight excluding hydrogens is 180 g/mol. The SMILES string of the molecule is CCN(CC(=O)O)c1ccnc(C)c1. The molecule has 1 heterocycles. The second-order valence-electron chi connectivity index (χ2n) is 3.06. The van der Waals surface area contributed by atoms with Crippen molar-refractivity contribution < 1.29 is 9.90 Å². The zero-order valence-corrected chi connectivity index (χ0v) is 8.40. The van der Waals surface area contributed by atoms with Crippen molar-refractivity contribution in [3.8, 4) is 0 Å². The molecule has 0 aromatic carbocycles. The van der Waals surface area contributed by atoms with E-state index < -0.39 is 5.97 Å². The van der Waals surface area contributed by atoms with Gasteiger partial charge in [-0.1, -0.05) is 0 Å². The molecule has 0 saturated heterocycles. The van der Waals surface area contributed by atoms with Crippen LogP contribution in [0.2, 0.25) is 0 Å². The van der Waals surface area contributed by atoms with Crippen LogP contribution in [0.1, 0.15) is 12.6 Å². The Hall–Kier alpha value is -1.58. The number of carboxylic acid groups (broad SMARTS) is 1. The highest BCUT2D eigenvalue weighted by atomic mass is 16.4. The fourth-order valence-corrected chi connectivity index (χ4v) is 1.28. The molecule has 0 saturated carbocycles. The third-order valence-corrected chi connectivity index (χ3v) is 1.95.